The van der Waals surface area contributed by atoms with Crippen molar-refractivity contribution in [1.29, 1.82) is 0 Å². The largest absolute Gasteiger partial charge is 0.463 e. The third-order valence-electron chi connectivity index (χ3n) is 14.4. The molecule has 0 saturated carbocycles. The van der Waals surface area contributed by atoms with Crippen LogP contribution in [0.4, 0.5) is 5.95 Å². The van der Waals surface area contributed by atoms with E-state index in [2.05, 4.69) is 35.7 Å². The first-order chi connectivity index (χ1) is 34.8. The second-order valence-corrected chi connectivity index (χ2v) is 21.3. The van der Waals surface area contributed by atoms with E-state index in [-0.39, 0.29) is 36.0 Å². The van der Waals surface area contributed by atoms with Crippen molar-refractivity contribution >= 4 is 47.2 Å². The number of imidazole rings is 1. The third-order valence-corrected chi connectivity index (χ3v) is 14.7. The highest BCUT2D eigenvalue weighted by Gasteiger charge is 2.51. The molecule has 1 saturated heterocycles. The van der Waals surface area contributed by atoms with Gasteiger partial charge in [-0.05, 0) is 19.3 Å². The molecule has 71 heavy (non-hydrogen) atoms. The van der Waals surface area contributed by atoms with Gasteiger partial charge in [-0.1, -0.05) is 264 Å². The number of carbonyl (C=O) groups excluding carboxylic acids is 3. The van der Waals surface area contributed by atoms with Crippen LogP contribution in [0.5, 0.6) is 0 Å². The molecular formula is C58H103N5O7S. The van der Waals surface area contributed by atoms with Crippen LogP contribution < -0.4 is 5.73 Å². The minimum atomic E-state index is -1.06. The molecule has 1 aliphatic heterocycles. The monoisotopic (exact) mass is 1010 g/mol. The number of carbonyl (C=O) groups is 3. The number of ether oxygens (including phenoxy) is 4. The van der Waals surface area contributed by atoms with Crippen molar-refractivity contribution in [2.24, 2.45) is 0 Å². The lowest BCUT2D eigenvalue weighted by atomic mass is 10.0. The Labute approximate surface area is 436 Å². The lowest BCUT2D eigenvalue weighted by Gasteiger charge is -2.25. The fourth-order valence-electron chi connectivity index (χ4n) is 10.0. The van der Waals surface area contributed by atoms with Crippen LogP contribution in [-0.2, 0) is 33.3 Å². The topological polar surface area (TPSA) is 161 Å². The highest BCUT2D eigenvalue weighted by molar-refractivity contribution is 7.71. The number of H-pyrrole nitrogens is 1. The number of unbranched alkanes of at least 4 members (excludes halogenated alkanes) is 36. The molecule has 4 unspecified atom stereocenters. The smallest absolute Gasteiger partial charge is 0.306 e. The van der Waals surface area contributed by atoms with Gasteiger partial charge in [0, 0.05) is 19.3 Å². The number of aromatic nitrogens is 4. The first-order valence-electron chi connectivity index (χ1n) is 29.7. The van der Waals surface area contributed by atoms with Gasteiger partial charge < -0.3 is 29.7 Å². The first-order valence-corrected chi connectivity index (χ1v) is 30.1. The summed E-state index contributed by atoms with van der Waals surface area (Å²) in [5.74, 6) is -1.03. The van der Waals surface area contributed by atoms with Gasteiger partial charge in [-0.25, -0.2) is 9.97 Å². The zero-order valence-corrected chi connectivity index (χ0v) is 46.3. The van der Waals surface area contributed by atoms with Gasteiger partial charge in [0.15, 0.2) is 29.0 Å². The number of aromatic amines is 1. The average Bonchev–Trinajstić information content (AvgIpc) is 3.93. The fourth-order valence-corrected chi connectivity index (χ4v) is 10.3. The molecule has 0 radical (unpaired) electrons. The molecule has 0 bridgehead atoms. The number of esters is 3. The Morgan fingerprint density at radius 1 is 0.535 bits per heavy atom. The van der Waals surface area contributed by atoms with Crippen molar-refractivity contribution < 1.29 is 33.3 Å². The maximum atomic E-state index is 13.7. The van der Waals surface area contributed by atoms with Crippen molar-refractivity contribution in [2.75, 3.05) is 12.3 Å². The first kappa shape index (κ1) is 62.2. The highest BCUT2D eigenvalue weighted by atomic mass is 32.1. The predicted molar refractivity (Wildman–Crippen MR) is 293 cm³/mol. The van der Waals surface area contributed by atoms with Gasteiger partial charge in [0.25, 0.3) is 0 Å². The fraction of sp³-hybridized carbons (Fsp3) is 0.862. The zero-order chi connectivity index (χ0) is 51.0. The molecule has 2 aromatic rings. The van der Waals surface area contributed by atoms with E-state index < -0.39 is 36.5 Å². The summed E-state index contributed by atoms with van der Waals surface area (Å²) in [6.07, 6.45) is 45.5. The molecule has 0 amide bonds. The van der Waals surface area contributed by atoms with Crippen LogP contribution in [0.15, 0.2) is 6.33 Å². The minimum absolute atomic E-state index is 0.0950. The molecule has 4 atom stereocenters. The zero-order valence-electron chi connectivity index (χ0n) is 45.5. The van der Waals surface area contributed by atoms with Crippen LogP contribution in [0.1, 0.15) is 297 Å². The highest BCUT2D eigenvalue weighted by Crippen LogP contribution is 2.37. The van der Waals surface area contributed by atoms with Crippen molar-refractivity contribution in [1.82, 2.24) is 19.5 Å². The summed E-state index contributed by atoms with van der Waals surface area (Å²) in [6, 6.07) is 0. The van der Waals surface area contributed by atoms with E-state index in [1.807, 2.05) is 0 Å². The van der Waals surface area contributed by atoms with Gasteiger partial charge >= 0.3 is 17.9 Å². The molecule has 2 aromatic heterocycles. The van der Waals surface area contributed by atoms with Gasteiger partial charge in [-0.2, -0.15) is 0 Å². The normalized spacial score (nSPS) is 16.8. The number of fused-ring (bicyclic) bond motifs is 1. The summed E-state index contributed by atoms with van der Waals surface area (Å²) < 4.78 is 26.8. The number of nitrogen functional groups attached to an aromatic ring is 1. The van der Waals surface area contributed by atoms with Gasteiger partial charge in [0.05, 0.1) is 6.33 Å². The van der Waals surface area contributed by atoms with E-state index in [1.54, 1.807) is 4.57 Å². The second kappa shape index (κ2) is 41.3. The maximum absolute atomic E-state index is 13.7. The second-order valence-electron chi connectivity index (χ2n) is 20.9. The number of nitrogens with two attached hydrogens (primary N) is 1. The van der Waals surface area contributed by atoms with Gasteiger partial charge in [0.1, 0.15) is 23.9 Å². The van der Waals surface area contributed by atoms with Crippen molar-refractivity contribution in [3.63, 3.8) is 0 Å². The van der Waals surface area contributed by atoms with Gasteiger partial charge in [0.2, 0.25) is 0 Å². The van der Waals surface area contributed by atoms with Crippen molar-refractivity contribution in [3.05, 3.63) is 11.0 Å². The Morgan fingerprint density at radius 3 is 1.25 bits per heavy atom. The Kier molecular flexibility index (Phi) is 36.2. The summed E-state index contributed by atoms with van der Waals surface area (Å²) in [5, 5.41) is 0. The predicted octanol–water partition coefficient (Wildman–Crippen LogP) is 16.8. The Balaban J connectivity index is 1.59. The van der Waals surface area contributed by atoms with Crippen LogP contribution in [0, 0.1) is 4.64 Å². The standard InChI is InChI=1S/C58H103N5O7S/c1-4-7-10-13-16-19-22-25-28-31-34-37-40-43-49(64)67-46-48-53(69-50(65)44-41-38-35-32-29-26-23-20-17-14-11-8-5-2)54(57(68-48)63-47-60-52-55(63)61-58(59)62-56(52)71)70-51(66)45-42-39-36-33-30-27-24-21-18-15-12-9-6-3/h47-48,53-54,57H,4-46H2,1-3H3,(H3,59,61,62,71). The Morgan fingerprint density at radius 2 is 0.873 bits per heavy atom. The van der Waals surface area contributed by atoms with E-state index in [9.17, 15) is 14.4 Å². The number of anilines is 1. The molecule has 3 rings (SSSR count). The van der Waals surface area contributed by atoms with Gasteiger partial charge in [-0.3, -0.25) is 19.0 Å². The average molecular weight is 1010 g/mol. The molecule has 3 N–H and O–H groups in total. The quantitative estimate of drug-likeness (QED) is 0.0281. The molecule has 0 aromatic carbocycles. The summed E-state index contributed by atoms with van der Waals surface area (Å²) in [5.41, 5.74) is 6.95. The molecule has 1 aliphatic rings. The Hall–Kier alpha value is -3.06. The molecule has 3 heterocycles. The minimum Gasteiger partial charge on any atom is -0.463 e. The molecule has 0 spiro atoms. The van der Waals surface area contributed by atoms with E-state index in [0.717, 1.165) is 57.8 Å². The van der Waals surface area contributed by atoms with Crippen molar-refractivity contribution in [3.8, 4) is 0 Å². The molecule has 1 fully saturated rings. The summed E-state index contributed by atoms with van der Waals surface area (Å²) in [4.78, 5) is 52.3. The number of nitrogens with zero attached hydrogens (tertiary/aromatic N) is 3. The lowest BCUT2D eigenvalue weighted by molar-refractivity contribution is -0.169. The number of hydrogen-bond donors (Lipinski definition) is 2. The summed E-state index contributed by atoms with van der Waals surface area (Å²) in [6.45, 7) is 6.61. The van der Waals surface area contributed by atoms with Crippen LogP contribution in [0.3, 0.4) is 0 Å². The SMILES string of the molecule is CCCCCCCCCCCCCCCC(=O)OCC1OC(n2cnc3c(=S)nc(N)[nH]c32)C(OC(=O)CCCCCCCCCCCCCCC)C1OC(=O)CCCCCCCCCCCCCCC. The molecule has 0 aliphatic carbocycles. The van der Waals surface area contributed by atoms with E-state index in [0.29, 0.717) is 30.4 Å². The molecule has 13 heteroatoms. The maximum Gasteiger partial charge on any atom is 0.306 e. The van der Waals surface area contributed by atoms with Crippen molar-refractivity contribution in [2.45, 2.75) is 315 Å². The third kappa shape index (κ3) is 28.3. The number of nitrogens with one attached hydrogen (secondary N) is 1. The van der Waals surface area contributed by atoms with Gasteiger partial charge in [-0.15, -0.1) is 0 Å². The summed E-state index contributed by atoms with van der Waals surface area (Å²) >= 11 is 5.49. The molecule has 408 valence electrons. The lowest BCUT2D eigenvalue weighted by Crippen LogP contribution is -2.41. The van der Waals surface area contributed by atoms with E-state index in [4.69, 9.17) is 36.9 Å². The Bertz CT molecular complexity index is 1720. The molecule has 12 nitrogen and oxygen atoms in total. The van der Waals surface area contributed by atoms with Crippen LogP contribution in [0.25, 0.3) is 11.2 Å². The van der Waals surface area contributed by atoms with E-state index >= 15 is 0 Å². The van der Waals surface area contributed by atoms with Crippen LogP contribution in [0.2, 0.25) is 0 Å². The molecular weight excluding hydrogens is 911 g/mol. The van der Waals surface area contributed by atoms with Crippen LogP contribution in [-0.4, -0.2) is 62.3 Å². The number of rotatable bonds is 47. The van der Waals surface area contributed by atoms with E-state index in [1.165, 1.54) is 186 Å². The summed E-state index contributed by atoms with van der Waals surface area (Å²) in [7, 11) is 0. The number of hydrogen-bond acceptors (Lipinski definition) is 11. The van der Waals surface area contributed by atoms with Crippen LogP contribution >= 0.6 is 12.2 Å².